The summed E-state index contributed by atoms with van der Waals surface area (Å²) in [7, 11) is 0. The first-order chi connectivity index (χ1) is 8.31. The predicted octanol–water partition coefficient (Wildman–Crippen LogP) is 2.10. The molecule has 0 aromatic carbocycles. The monoisotopic (exact) mass is 247 g/mol. The molecule has 0 radical (unpaired) electrons. The van der Waals surface area contributed by atoms with E-state index < -0.39 is 0 Å². The number of imidazole rings is 1. The lowest BCUT2D eigenvalue weighted by Gasteiger charge is -2.26. The Bertz CT molecular complexity index is 516. The number of hydrogen-bond donors (Lipinski definition) is 1. The molecule has 2 aromatic heterocycles. The number of hydrogen-bond acceptors (Lipinski definition) is 3. The molecule has 1 N–H and O–H groups in total. The Labute approximate surface area is 106 Å². The zero-order valence-corrected chi connectivity index (χ0v) is 10.8. The molecule has 3 heterocycles. The lowest BCUT2D eigenvalue weighted by atomic mass is 10.1. The van der Waals surface area contributed by atoms with E-state index in [0.717, 1.165) is 17.3 Å². The van der Waals surface area contributed by atoms with Gasteiger partial charge in [0.15, 0.2) is 0 Å². The van der Waals surface area contributed by atoms with Crippen LogP contribution in [-0.2, 0) is 5.75 Å². The highest BCUT2D eigenvalue weighted by molar-refractivity contribution is 7.98. The highest BCUT2D eigenvalue weighted by Gasteiger charge is 2.16. The smallest absolute Gasteiger partial charge is 0.137 e. The standard InChI is InChI=1S/C13H17N3S/c1-10-2-3-13-15-12(7-16(13)6-10)9-17-8-11-4-14-5-11/h2-3,6-7,11,14H,4-5,8-9H2,1H3. The number of pyridine rings is 1. The number of rotatable bonds is 4. The SMILES string of the molecule is Cc1ccc2nc(CSCC3CNC3)cn2c1. The first-order valence-electron chi connectivity index (χ1n) is 6.04. The Morgan fingerprint density at radius 1 is 1.41 bits per heavy atom. The normalized spacial score (nSPS) is 16.3. The maximum Gasteiger partial charge on any atom is 0.137 e. The first kappa shape index (κ1) is 11.1. The van der Waals surface area contributed by atoms with Crippen molar-refractivity contribution in [3.05, 3.63) is 35.8 Å². The Kier molecular flexibility index (Phi) is 3.07. The molecule has 0 bridgehead atoms. The summed E-state index contributed by atoms with van der Waals surface area (Å²) in [5.41, 5.74) is 3.51. The zero-order chi connectivity index (χ0) is 11.7. The quantitative estimate of drug-likeness (QED) is 0.897. The fraction of sp³-hybridized carbons (Fsp3) is 0.462. The van der Waals surface area contributed by atoms with Crippen molar-refractivity contribution in [1.82, 2.24) is 14.7 Å². The molecular formula is C13H17N3S. The molecule has 0 spiro atoms. The van der Waals surface area contributed by atoms with E-state index in [1.807, 2.05) is 11.8 Å². The molecule has 0 unspecified atom stereocenters. The van der Waals surface area contributed by atoms with Crippen molar-refractivity contribution in [2.75, 3.05) is 18.8 Å². The van der Waals surface area contributed by atoms with Crippen LogP contribution in [0.5, 0.6) is 0 Å². The Morgan fingerprint density at radius 2 is 2.29 bits per heavy atom. The summed E-state index contributed by atoms with van der Waals surface area (Å²) in [6.45, 7) is 4.49. The van der Waals surface area contributed by atoms with Crippen molar-refractivity contribution >= 4 is 17.4 Å². The van der Waals surface area contributed by atoms with Crippen LogP contribution in [0.3, 0.4) is 0 Å². The van der Waals surface area contributed by atoms with Gasteiger partial charge >= 0.3 is 0 Å². The second-order valence-corrected chi connectivity index (χ2v) is 5.77. The lowest BCUT2D eigenvalue weighted by Crippen LogP contribution is -2.43. The van der Waals surface area contributed by atoms with Gasteiger partial charge in [0, 0.05) is 18.1 Å². The van der Waals surface area contributed by atoms with E-state index in [4.69, 9.17) is 0 Å². The molecule has 0 saturated carbocycles. The molecule has 1 fully saturated rings. The van der Waals surface area contributed by atoms with Crippen LogP contribution in [0.15, 0.2) is 24.5 Å². The summed E-state index contributed by atoms with van der Waals surface area (Å²) in [5.74, 6) is 3.15. The average Bonchev–Trinajstić information content (AvgIpc) is 2.63. The molecule has 0 amide bonds. The zero-order valence-electron chi connectivity index (χ0n) is 10.0. The van der Waals surface area contributed by atoms with E-state index in [1.165, 1.54) is 30.1 Å². The van der Waals surface area contributed by atoms with E-state index in [-0.39, 0.29) is 0 Å². The van der Waals surface area contributed by atoms with Crippen molar-refractivity contribution in [3.8, 4) is 0 Å². The van der Waals surface area contributed by atoms with Crippen molar-refractivity contribution in [2.45, 2.75) is 12.7 Å². The van der Waals surface area contributed by atoms with Gasteiger partial charge in [0.05, 0.1) is 5.69 Å². The fourth-order valence-electron chi connectivity index (χ4n) is 2.02. The molecule has 90 valence electrons. The number of nitrogens with one attached hydrogen (secondary N) is 1. The van der Waals surface area contributed by atoms with Gasteiger partial charge in [-0.3, -0.25) is 0 Å². The van der Waals surface area contributed by atoms with E-state index in [0.29, 0.717) is 0 Å². The van der Waals surface area contributed by atoms with Gasteiger partial charge in [-0.1, -0.05) is 6.07 Å². The summed E-state index contributed by atoms with van der Waals surface area (Å²) >= 11 is 1.99. The fourth-order valence-corrected chi connectivity index (χ4v) is 3.06. The van der Waals surface area contributed by atoms with Crippen LogP contribution in [0.25, 0.3) is 5.65 Å². The maximum absolute atomic E-state index is 4.62. The van der Waals surface area contributed by atoms with Crippen molar-refractivity contribution in [2.24, 2.45) is 5.92 Å². The minimum Gasteiger partial charge on any atom is -0.316 e. The third-order valence-electron chi connectivity index (χ3n) is 3.12. The number of fused-ring (bicyclic) bond motifs is 1. The highest BCUT2D eigenvalue weighted by Crippen LogP contribution is 2.18. The van der Waals surface area contributed by atoms with E-state index >= 15 is 0 Å². The largest absolute Gasteiger partial charge is 0.316 e. The third-order valence-corrected chi connectivity index (χ3v) is 4.33. The molecule has 1 aliphatic rings. The van der Waals surface area contributed by atoms with E-state index in [9.17, 15) is 0 Å². The summed E-state index contributed by atoms with van der Waals surface area (Å²) < 4.78 is 2.12. The lowest BCUT2D eigenvalue weighted by molar-refractivity contribution is 0.385. The maximum atomic E-state index is 4.62. The Balaban J connectivity index is 1.64. The van der Waals surface area contributed by atoms with Crippen molar-refractivity contribution < 1.29 is 0 Å². The summed E-state index contributed by atoms with van der Waals surface area (Å²) in [6.07, 6.45) is 4.28. The predicted molar refractivity (Wildman–Crippen MR) is 72.5 cm³/mol. The molecule has 3 rings (SSSR count). The van der Waals surface area contributed by atoms with Gasteiger partial charge < -0.3 is 9.72 Å². The number of aryl methyl sites for hydroxylation is 1. The van der Waals surface area contributed by atoms with Gasteiger partial charge in [0.2, 0.25) is 0 Å². The third kappa shape index (κ3) is 2.48. The Morgan fingerprint density at radius 3 is 3.06 bits per heavy atom. The number of nitrogens with zero attached hydrogens (tertiary/aromatic N) is 2. The van der Waals surface area contributed by atoms with Gasteiger partial charge in [-0.2, -0.15) is 11.8 Å². The van der Waals surface area contributed by atoms with Crippen LogP contribution >= 0.6 is 11.8 Å². The van der Waals surface area contributed by atoms with E-state index in [1.54, 1.807) is 0 Å². The van der Waals surface area contributed by atoms with Crippen LogP contribution in [-0.4, -0.2) is 28.2 Å². The Hall–Kier alpha value is -1.00. The van der Waals surface area contributed by atoms with Crippen LogP contribution in [0.4, 0.5) is 0 Å². The molecule has 0 aliphatic carbocycles. The second kappa shape index (κ2) is 4.70. The molecule has 4 heteroatoms. The molecule has 3 nitrogen and oxygen atoms in total. The van der Waals surface area contributed by atoms with Crippen LogP contribution < -0.4 is 5.32 Å². The average molecular weight is 247 g/mol. The van der Waals surface area contributed by atoms with Gasteiger partial charge in [-0.05, 0) is 43.3 Å². The minimum atomic E-state index is 0.874. The number of aromatic nitrogens is 2. The second-order valence-electron chi connectivity index (χ2n) is 4.74. The molecule has 17 heavy (non-hydrogen) atoms. The molecule has 0 atom stereocenters. The summed E-state index contributed by atoms with van der Waals surface area (Å²) in [4.78, 5) is 4.62. The van der Waals surface area contributed by atoms with Crippen molar-refractivity contribution in [3.63, 3.8) is 0 Å². The molecule has 2 aromatic rings. The topological polar surface area (TPSA) is 29.3 Å². The van der Waals surface area contributed by atoms with Gasteiger partial charge in [0.25, 0.3) is 0 Å². The van der Waals surface area contributed by atoms with E-state index in [2.05, 4.69) is 46.2 Å². The number of thioether (sulfide) groups is 1. The van der Waals surface area contributed by atoms with Crippen LogP contribution in [0, 0.1) is 12.8 Å². The van der Waals surface area contributed by atoms with Gasteiger partial charge in [0.1, 0.15) is 5.65 Å². The van der Waals surface area contributed by atoms with Crippen molar-refractivity contribution in [1.29, 1.82) is 0 Å². The molecule has 1 aliphatic heterocycles. The first-order valence-corrected chi connectivity index (χ1v) is 7.19. The van der Waals surface area contributed by atoms with Crippen LogP contribution in [0.2, 0.25) is 0 Å². The molecular weight excluding hydrogens is 230 g/mol. The highest BCUT2D eigenvalue weighted by atomic mass is 32.2. The van der Waals surface area contributed by atoms with Gasteiger partial charge in [-0.15, -0.1) is 0 Å². The summed E-state index contributed by atoms with van der Waals surface area (Å²) in [6, 6.07) is 4.19. The van der Waals surface area contributed by atoms with Crippen LogP contribution in [0.1, 0.15) is 11.3 Å². The summed E-state index contributed by atoms with van der Waals surface area (Å²) in [5, 5.41) is 3.30. The molecule has 1 saturated heterocycles. The van der Waals surface area contributed by atoms with Gasteiger partial charge in [-0.25, -0.2) is 4.98 Å². The minimum absolute atomic E-state index is 0.874.